The minimum Gasteiger partial charge on any atom is -0.454 e. The van der Waals surface area contributed by atoms with Crippen molar-refractivity contribution in [1.29, 1.82) is 0 Å². The van der Waals surface area contributed by atoms with E-state index in [1.807, 2.05) is 28.9 Å². The molecule has 0 aliphatic carbocycles. The summed E-state index contributed by atoms with van der Waals surface area (Å²) in [5, 5.41) is 4.74. The number of likely N-dealkylation sites (tertiary alicyclic amines) is 1. The predicted octanol–water partition coefficient (Wildman–Crippen LogP) is 2.88. The molecule has 7 heteroatoms. The first-order valence-corrected chi connectivity index (χ1v) is 8.39. The average Bonchev–Trinajstić information content (AvgIpc) is 3.28. The van der Waals surface area contributed by atoms with Crippen LogP contribution in [0.2, 0.25) is 5.02 Å². The van der Waals surface area contributed by atoms with Gasteiger partial charge in [0.2, 0.25) is 6.79 Å². The van der Waals surface area contributed by atoms with Gasteiger partial charge in [0.15, 0.2) is 11.5 Å². The maximum atomic E-state index is 12.9. The van der Waals surface area contributed by atoms with Crippen LogP contribution in [0.15, 0.2) is 24.5 Å². The molecule has 2 aromatic rings. The number of halogens is 1. The zero-order valence-electron chi connectivity index (χ0n) is 13.4. The number of aryl methyl sites for hydroxylation is 1. The van der Waals surface area contributed by atoms with E-state index in [4.69, 9.17) is 21.1 Å². The lowest BCUT2D eigenvalue weighted by atomic mass is 10.1. The van der Waals surface area contributed by atoms with Crippen LogP contribution in [0.3, 0.4) is 0 Å². The highest BCUT2D eigenvalue weighted by atomic mass is 35.5. The van der Waals surface area contributed by atoms with Crippen molar-refractivity contribution >= 4 is 17.5 Å². The average molecular weight is 348 g/mol. The van der Waals surface area contributed by atoms with Crippen molar-refractivity contribution in [2.24, 2.45) is 0 Å². The predicted molar refractivity (Wildman–Crippen MR) is 88.6 cm³/mol. The molecule has 1 aromatic carbocycles. The Kier molecular flexibility index (Phi) is 3.84. The Labute approximate surface area is 144 Å². The third-order valence-corrected chi connectivity index (χ3v) is 4.75. The second-order valence-corrected chi connectivity index (χ2v) is 6.63. The Morgan fingerprint density at radius 1 is 1.42 bits per heavy atom. The monoisotopic (exact) mass is 347 g/mol. The Morgan fingerprint density at radius 3 is 3.08 bits per heavy atom. The molecule has 1 amide bonds. The summed E-state index contributed by atoms with van der Waals surface area (Å²) in [5.41, 5.74) is 1.65. The van der Waals surface area contributed by atoms with Crippen LogP contribution < -0.4 is 9.47 Å². The molecule has 2 aliphatic rings. The standard InChI is InChI=1S/C17H18ClN3O3/c1-11-7-19-20(8-11)9-13-3-2-4-21(13)17(22)12-5-14(18)16-15(6-12)23-10-24-16/h5-8,13H,2-4,9-10H2,1H3. The van der Waals surface area contributed by atoms with E-state index >= 15 is 0 Å². The number of amides is 1. The van der Waals surface area contributed by atoms with E-state index in [1.54, 1.807) is 12.1 Å². The van der Waals surface area contributed by atoms with Gasteiger partial charge in [0, 0.05) is 18.3 Å². The largest absolute Gasteiger partial charge is 0.454 e. The highest BCUT2D eigenvalue weighted by molar-refractivity contribution is 6.32. The molecule has 1 unspecified atom stereocenters. The van der Waals surface area contributed by atoms with Gasteiger partial charge in [0.05, 0.1) is 23.8 Å². The van der Waals surface area contributed by atoms with E-state index in [2.05, 4.69) is 5.10 Å². The van der Waals surface area contributed by atoms with E-state index < -0.39 is 0 Å². The topological polar surface area (TPSA) is 56.6 Å². The molecule has 1 aromatic heterocycles. The lowest BCUT2D eigenvalue weighted by molar-refractivity contribution is 0.0721. The fourth-order valence-electron chi connectivity index (χ4n) is 3.33. The van der Waals surface area contributed by atoms with Gasteiger partial charge in [-0.05, 0) is 37.5 Å². The minimum absolute atomic E-state index is 0.0263. The van der Waals surface area contributed by atoms with Crippen molar-refractivity contribution in [2.45, 2.75) is 32.4 Å². The third-order valence-electron chi connectivity index (χ3n) is 4.47. The van der Waals surface area contributed by atoms with Gasteiger partial charge in [-0.1, -0.05) is 11.6 Å². The summed E-state index contributed by atoms with van der Waals surface area (Å²) < 4.78 is 12.6. The molecule has 3 heterocycles. The molecule has 6 nitrogen and oxygen atoms in total. The first-order valence-electron chi connectivity index (χ1n) is 8.01. The summed E-state index contributed by atoms with van der Waals surface area (Å²) in [6.07, 6.45) is 5.80. The van der Waals surface area contributed by atoms with Gasteiger partial charge in [-0.15, -0.1) is 0 Å². The van der Waals surface area contributed by atoms with E-state index in [0.29, 0.717) is 28.6 Å². The molecular formula is C17H18ClN3O3. The van der Waals surface area contributed by atoms with Gasteiger partial charge in [-0.25, -0.2) is 0 Å². The number of carbonyl (C=O) groups excluding carboxylic acids is 1. The molecule has 1 saturated heterocycles. The van der Waals surface area contributed by atoms with E-state index in [9.17, 15) is 4.79 Å². The van der Waals surface area contributed by atoms with Gasteiger partial charge >= 0.3 is 0 Å². The number of aromatic nitrogens is 2. The number of nitrogens with zero attached hydrogens (tertiary/aromatic N) is 3. The number of carbonyl (C=O) groups is 1. The third kappa shape index (κ3) is 2.71. The van der Waals surface area contributed by atoms with Crippen LogP contribution in [0.5, 0.6) is 11.5 Å². The highest BCUT2D eigenvalue weighted by Crippen LogP contribution is 2.40. The Morgan fingerprint density at radius 2 is 2.29 bits per heavy atom. The lowest BCUT2D eigenvalue weighted by Crippen LogP contribution is -2.38. The van der Waals surface area contributed by atoms with Crippen LogP contribution in [0, 0.1) is 6.92 Å². The molecule has 0 bridgehead atoms. The molecule has 1 atom stereocenters. The van der Waals surface area contributed by atoms with Gasteiger partial charge in [0.1, 0.15) is 0 Å². The number of ether oxygens (including phenoxy) is 2. The Balaban J connectivity index is 1.56. The lowest BCUT2D eigenvalue weighted by Gasteiger charge is -2.25. The highest BCUT2D eigenvalue weighted by Gasteiger charge is 2.31. The normalized spacial score (nSPS) is 19.1. The minimum atomic E-state index is -0.0263. The summed E-state index contributed by atoms with van der Waals surface area (Å²) in [4.78, 5) is 14.9. The summed E-state index contributed by atoms with van der Waals surface area (Å²) in [6.45, 7) is 3.60. The molecular weight excluding hydrogens is 330 g/mol. The second kappa shape index (κ2) is 6.02. The number of benzene rings is 1. The van der Waals surface area contributed by atoms with Crippen LogP contribution in [0.25, 0.3) is 0 Å². The van der Waals surface area contributed by atoms with Gasteiger partial charge in [-0.2, -0.15) is 5.10 Å². The Hall–Kier alpha value is -2.21. The van der Waals surface area contributed by atoms with Crippen LogP contribution in [-0.4, -0.2) is 40.0 Å². The fourth-order valence-corrected chi connectivity index (χ4v) is 3.60. The van der Waals surface area contributed by atoms with Gasteiger partial charge in [-0.3, -0.25) is 9.48 Å². The van der Waals surface area contributed by atoms with Crippen molar-refractivity contribution in [2.75, 3.05) is 13.3 Å². The van der Waals surface area contributed by atoms with Crippen LogP contribution >= 0.6 is 11.6 Å². The summed E-state index contributed by atoms with van der Waals surface area (Å²) in [7, 11) is 0. The van der Waals surface area contributed by atoms with Crippen molar-refractivity contribution in [3.63, 3.8) is 0 Å². The summed E-state index contributed by atoms with van der Waals surface area (Å²) in [6, 6.07) is 3.51. The zero-order valence-corrected chi connectivity index (χ0v) is 14.1. The quantitative estimate of drug-likeness (QED) is 0.856. The first-order chi connectivity index (χ1) is 11.6. The van der Waals surface area contributed by atoms with Crippen LogP contribution in [0.1, 0.15) is 28.8 Å². The van der Waals surface area contributed by atoms with Crippen LogP contribution in [0.4, 0.5) is 0 Å². The summed E-state index contributed by atoms with van der Waals surface area (Å²) >= 11 is 6.20. The number of rotatable bonds is 3. The molecule has 24 heavy (non-hydrogen) atoms. The molecule has 0 radical (unpaired) electrons. The van der Waals surface area contributed by atoms with Crippen molar-refractivity contribution in [1.82, 2.24) is 14.7 Å². The van der Waals surface area contributed by atoms with E-state index in [0.717, 1.165) is 24.9 Å². The SMILES string of the molecule is Cc1cnn(CC2CCCN2C(=O)c2cc(Cl)c3c(c2)OCO3)c1. The van der Waals surface area contributed by atoms with Gasteiger partial charge in [0.25, 0.3) is 5.91 Å². The zero-order chi connectivity index (χ0) is 16.7. The fraction of sp³-hybridized carbons (Fsp3) is 0.412. The molecule has 126 valence electrons. The second-order valence-electron chi connectivity index (χ2n) is 6.23. The molecule has 1 fully saturated rings. The maximum Gasteiger partial charge on any atom is 0.254 e. The maximum absolute atomic E-state index is 12.9. The smallest absolute Gasteiger partial charge is 0.254 e. The van der Waals surface area contributed by atoms with E-state index in [1.165, 1.54) is 0 Å². The number of fused-ring (bicyclic) bond motifs is 1. The van der Waals surface area contributed by atoms with Gasteiger partial charge < -0.3 is 14.4 Å². The van der Waals surface area contributed by atoms with Crippen molar-refractivity contribution in [3.05, 3.63) is 40.7 Å². The molecule has 0 spiro atoms. The van der Waals surface area contributed by atoms with E-state index in [-0.39, 0.29) is 18.7 Å². The number of hydrogen-bond acceptors (Lipinski definition) is 4. The molecule has 0 saturated carbocycles. The molecule has 4 rings (SSSR count). The van der Waals surface area contributed by atoms with Crippen molar-refractivity contribution < 1.29 is 14.3 Å². The molecule has 0 N–H and O–H groups in total. The Bertz CT molecular complexity index is 789. The van der Waals surface area contributed by atoms with Crippen LogP contribution in [-0.2, 0) is 6.54 Å². The summed E-state index contributed by atoms with van der Waals surface area (Å²) in [5.74, 6) is 1.02. The molecule has 2 aliphatic heterocycles. The number of hydrogen-bond donors (Lipinski definition) is 0. The van der Waals surface area contributed by atoms with Crippen molar-refractivity contribution in [3.8, 4) is 11.5 Å². The first kappa shape index (κ1) is 15.3.